The largest absolute Gasteiger partial charge is 0.368 e. The van der Waals surface area contributed by atoms with Gasteiger partial charge < -0.3 is 15.6 Å². The molecular weight excluding hydrogens is 266 g/mol. The van der Waals surface area contributed by atoms with E-state index in [1.165, 1.54) is 6.92 Å². The van der Waals surface area contributed by atoms with Crippen LogP contribution in [0.4, 0.5) is 17.5 Å². The van der Waals surface area contributed by atoms with E-state index in [1.807, 2.05) is 0 Å². The van der Waals surface area contributed by atoms with E-state index in [4.69, 9.17) is 10.3 Å². The number of hydrogen-bond acceptors (Lipinski definition) is 9. The number of aryl methyl sites for hydroxylation is 2. The van der Waals surface area contributed by atoms with Gasteiger partial charge in [-0.25, -0.2) is 4.98 Å². The third-order valence-corrected chi connectivity index (χ3v) is 2.47. The average Bonchev–Trinajstić information content (AvgIpc) is 2.73. The molecule has 20 heavy (non-hydrogen) atoms. The SMILES string of the molecule is Cc1nc(CCNc2nc(N)nc(C)c2[N+](=O)[O-])no1. The Labute approximate surface area is 113 Å². The summed E-state index contributed by atoms with van der Waals surface area (Å²) in [6.45, 7) is 3.54. The lowest BCUT2D eigenvalue weighted by Crippen LogP contribution is -2.12. The first-order valence-electron chi connectivity index (χ1n) is 5.79. The quantitative estimate of drug-likeness (QED) is 0.593. The summed E-state index contributed by atoms with van der Waals surface area (Å²) in [6, 6.07) is 0. The molecule has 0 aromatic carbocycles. The Morgan fingerprint density at radius 1 is 1.35 bits per heavy atom. The zero-order chi connectivity index (χ0) is 14.7. The van der Waals surface area contributed by atoms with E-state index < -0.39 is 4.92 Å². The highest BCUT2D eigenvalue weighted by atomic mass is 16.6. The Balaban J connectivity index is 2.10. The van der Waals surface area contributed by atoms with E-state index in [1.54, 1.807) is 6.92 Å². The van der Waals surface area contributed by atoms with Gasteiger partial charge in [-0.15, -0.1) is 0 Å². The van der Waals surface area contributed by atoms with Gasteiger partial charge in [0.05, 0.1) is 4.92 Å². The van der Waals surface area contributed by atoms with Gasteiger partial charge in [-0.1, -0.05) is 5.16 Å². The van der Waals surface area contributed by atoms with Crippen molar-refractivity contribution in [2.45, 2.75) is 20.3 Å². The van der Waals surface area contributed by atoms with Crippen molar-refractivity contribution in [3.05, 3.63) is 27.5 Å². The van der Waals surface area contributed by atoms with Gasteiger partial charge in [-0.05, 0) is 6.92 Å². The molecule has 0 aliphatic heterocycles. The lowest BCUT2D eigenvalue weighted by Gasteiger charge is -2.06. The molecule has 0 bridgehead atoms. The van der Waals surface area contributed by atoms with E-state index in [2.05, 4.69) is 25.4 Å². The minimum atomic E-state index is -0.546. The molecule has 0 fully saturated rings. The van der Waals surface area contributed by atoms with Crippen LogP contribution in [0.1, 0.15) is 17.4 Å². The van der Waals surface area contributed by atoms with Crippen LogP contribution in [-0.2, 0) is 6.42 Å². The van der Waals surface area contributed by atoms with Crippen LogP contribution in [0, 0.1) is 24.0 Å². The second-order valence-electron chi connectivity index (χ2n) is 4.03. The fourth-order valence-electron chi connectivity index (χ4n) is 1.67. The molecule has 0 aliphatic carbocycles. The highest BCUT2D eigenvalue weighted by Crippen LogP contribution is 2.25. The van der Waals surface area contributed by atoms with Gasteiger partial charge in [0, 0.05) is 19.9 Å². The van der Waals surface area contributed by atoms with Crippen LogP contribution in [0.2, 0.25) is 0 Å². The fraction of sp³-hybridized carbons (Fsp3) is 0.400. The van der Waals surface area contributed by atoms with Crippen LogP contribution < -0.4 is 11.1 Å². The fourth-order valence-corrected chi connectivity index (χ4v) is 1.67. The molecule has 0 unspecified atom stereocenters. The summed E-state index contributed by atoms with van der Waals surface area (Å²) < 4.78 is 4.82. The van der Waals surface area contributed by atoms with E-state index in [0.29, 0.717) is 24.7 Å². The summed E-state index contributed by atoms with van der Waals surface area (Å²) in [6.07, 6.45) is 0.442. The first-order chi connectivity index (χ1) is 9.47. The molecule has 0 spiro atoms. The number of nitrogens with zero attached hydrogens (tertiary/aromatic N) is 5. The first kappa shape index (κ1) is 13.6. The third-order valence-electron chi connectivity index (χ3n) is 2.47. The van der Waals surface area contributed by atoms with Crippen LogP contribution in [0.15, 0.2) is 4.52 Å². The summed E-state index contributed by atoms with van der Waals surface area (Å²) in [5.74, 6) is 1.04. The molecule has 0 amide bonds. The molecule has 0 aliphatic rings. The second kappa shape index (κ2) is 5.47. The molecule has 10 nitrogen and oxygen atoms in total. The number of aromatic nitrogens is 4. The zero-order valence-corrected chi connectivity index (χ0v) is 11.0. The van der Waals surface area contributed by atoms with Gasteiger partial charge >= 0.3 is 5.69 Å². The van der Waals surface area contributed by atoms with E-state index >= 15 is 0 Å². The van der Waals surface area contributed by atoms with Gasteiger partial charge in [0.15, 0.2) is 5.82 Å². The molecule has 0 atom stereocenters. The third kappa shape index (κ3) is 2.96. The zero-order valence-electron chi connectivity index (χ0n) is 11.0. The molecular formula is C10H13N7O3. The van der Waals surface area contributed by atoms with Crippen LogP contribution >= 0.6 is 0 Å². The van der Waals surface area contributed by atoms with Crippen LogP contribution in [0.3, 0.4) is 0 Å². The summed E-state index contributed by atoms with van der Waals surface area (Å²) in [5, 5.41) is 17.6. The number of nitro groups is 1. The summed E-state index contributed by atoms with van der Waals surface area (Å²) >= 11 is 0. The maximum absolute atomic E-state index is 11.0. The Bertz CT molecular complexity index is 640. The van der Waals surface area contributed by atoms with Crippen molar-refractivity contribution >= 4 is 17.5 Å². The highest BCUT2D eigenvalue weighted by Gasteiger charge is 2.21. The van der Waals surface area contributed by atoms with Crippen molar-refractivity contribution in [2.75, 3.05) is 17.6 Å². The van der Waals surface area contributed by atoms with Crippen LogP contribution in [0.5, 0.6) is 0 Å². The van der Waals surface area contributed by atoms with Gasteiger partial charge in [0.1, 0.15) is 5.69 Å². The highest BCUT2D eigenvalue weighted by molar-refractivity contribution is 5.60. The number of hydrogen-bond donors (Lipinski definition) is 2. The molecule has 0 saturated carbocycles. The van der Waals surface area contributed by atoms with Gasteiger partial charge in [0.25, 0.3) is 0 Å². The minimum absolute atomic E-state index is 0.0222. The molecule has 2 rings (SSSR count). The van der Waals surface area contributed by atoms with Crippen LogP contribution in [0.25, 0.3) is 0 Å². The molecule has 106 valence electrons. The Morgan fingerprint density at radius 3 is 2.70 bits per heavy atom. The van der Waals surface area contributed by atoms with Crippen LogP contribution in [-0.4, -0.2) is 31.6 Å². The summed E-state index contributed by atoms with van der Waals surface area (Å²) in [7, 11) is 0. The Morgan fingerprint density at radius 2 is 2.10 bits per heavy atom. The summed E-state index contributed by atoms with van der Waals surface area (Å²) in [5.41, 5.74) is 5.51. The van der Waals surface area contributed by atoms with E-state index in [0.717, 1.165) is 0 Å². The average molecular weight is 279 g/mol. The number of rotatable bonds is 5. The van der Waals surface area contributed by atoms with Crippen molar-refractivity contribution < 1.29 is 9.45 Å². The predicted octanol–water partition coefficient (Wildman–Crippen LogP) is 0.621. The maximum atomic E-state index is 11.0. The van der Waals surface area contributed by atoms with Crippen molar-refractivity contribution in [1.82, 2.24) is 20.1 Å². The number of nitrogen functional groups attached to an aromatic ring is 1. The maximum Gasteiger partial charge on any atom is 0.332 e. The normalized spacial score (nSPS) is 10.5. The number of anilines is 2. The standard InChI is InChI=1S/C10H13N7O3/c1-5-8(17(18)19)9(15-10(11)13-5)12-4-3-7-14-6(2)20-16-7/h3-4H2,1-2H3,(H3,11,12,13,15). The lowest BCUT2D eigenvalue weighted by molar-refractivity contribution is -0.385. The minimum Gasteiger partial charge on any atom is -0.368 e. The number of nitrogens with two attached hydrogens (primary N) is 1. The monoisotopic (exact) mass is 279 g/mol. The van der Waals surface area contributed by atoms with E-state index in [9.17, 15) is 10.1 Å². The topological polar surface area (TPSA) is 146 Å². The number of nitrogens with one attached hydrogen (secondary N) is 1. The molecule has 0 radical (unpaired) electrons. The molecule has 2 aromatic heterocycles. The molecule has 0 saturated heterocycles. The smallest absolute Gasteiger partial charge is 0.332 e. The van der Waals surface area contributed by atoms with E-state index in [-0.39, 0.29) is 23.1 Å². The molecule has 10 heteroatoms. The molecule has 2 heterocycles. The first-order valence-corrected chi connectivity index (χ1v) is 5.79. The lowest BCUT2D eigenvalue weighted by atomic mass is 10.3. The van der Waals surface area contributed by atoms with Gasteiger partial charge in [-0.2, -0.15) is 9.97 Å². The van der Waals surface area contributed by atoms with Crippen molar-refractivity contribution in [1.29, 1.82) is 0 Å². The van der Waals surface area contributed by atoms with Gasteiger partial charge in [-0.3, -0.25) is 10.1 Å². The Hall–Kier alpha value is -2.78. The predicted molar refractivity (Wildman–Crippen MR) is 69.1 cm³/mol. The molecule has 3 N–H and O–H groups in total. The van der Waals surface area contributed by atoms with Gasteiger partial charge in [0.2, 0.25) is 17.7 Å². The Kier molecular flexibility index (Phi) is 3.73. The van der Waals surface area contributed by atoms with Crippen molar-refractivity contribution in [3.8, 4) is 0 Å². The second-order valence-corrected chi connectivity index (χ2v) is 4.03. The van der Waals surface area contributed by atoms with Crippen molar-refractivity contribution in [3.63, 3.8) is 0 Å². The molecule has 2 aromatic rings. The summed E-state index contributed by atoms with van der Waals surface area (Å²) in [4.78, 5) is 22.1. The van der Waals surface area contributed by atoms with Crippen molar-refractivity contribution in [2.24, 2.45) is 0 Å².